The largest absolute Gasteiger partial charge is 0.481 e. The summed E-state index contributed by atoms with van der Waals surface area (Å²) in [6.07, 6.45) is 28.8. The van der Waals surface area contributed by atoms with E-state index in [-0.39, 0.29) is 18.8 Å². The molecule has 4 N–H and O–H groups in total. The molecule has 0 heterocycles. The lowest BCUT2D eigenvalue weighted by molar-refractivity contribution is -0.137. The Balaban J connectivity index is 3.18. The highest BCUT2D eigenvalue weighted by molar-refractivity contribution is 5.66. The first-order valence-electron chi connectivity index (χ1n) is 15.2. The Morgan fingerprint density at radius 1 is 0.429 bits per heavy atom. The van der Waals surface area contributed by atoms with Crippen molar-refractivity contribution in [1.29, 1.82) is 0 Å². The molecule has 0 aliphatic heterocycles. The van der Waals surface area contributed by atoms with Crippen LogP contribution in [-0.2, 0) is 4.79 Å². The van der Waals surface area contributed by atoms with Crippen molar-refractivity contribution >= 4 is 5.97 Å². The van der Waals surface area contributed by atoms with E-state index in [1.54, 1.807) is 0 Å². The van der Waals surface area contributed by atoms with Gasteiger partial charge in [0.1, 0.15) is 0 Å². The highest BCUT2D eigenvalue weighted by atomic mass is 16.4. The zero-order chi connectivity index (χ0) is 25.8. The second-order valence-electron chi connectivity index (χ2n) is 10.8. The maximum Gasteiger partial charge on any atom is 0.303 e. The first-order chi connectivity index (χ1) is 17.1. The summed E-state index contributed by atoms with van der Waals surface area (Å²) in [6, 6.07) is 0. The molecule has 0 aromatic rings. The Kier molecular flexibility index (Phi) is 27.4. The van der Waals surface area contributed by atoms with Gasteiger partial charge in [-0.2, -0.15) is 0 Å². The molecule has 0 fully saturated rings. The van der Waals surface area contributed by atoms with Gasteiger partial charge in [0, 0.05) is 13.0 Å². The highest BCUT2D eigenvalue weighted by Crippen LogP contribution is 2.16. The van der Waals surface area contributed by atoms with Crippen molar-refractivity contribution in [3.63, 3.8) is 0 Å². The van der Waals surface area contributed by atoms with Crippen LogP contribution < -0.4 is 0 Å². The third-order valence-electron chi connectivity index (χ3n) is 7.22. The summed E-state index contributed by atoms with van der Waals surface area (Å²) >= 11 is 0. The maximum absolute atomic E-state index is 10.4. The van der Waals surface area contributed by atoms with Gasteiger partial charge in [-0.15, -0.1) is 0 Å². The van der Waals surface area contributed by atoms with Crippen LogP contribution in [0, 0.1) is 0 Å². The molecule has 5 nitrogen and oxygen atoms in total. The predicted molar refractivity (Wildman–Crippen MR) is 147 cm³/mol. The van der Waals surface area contributed by atoms with Crippen LogP contribution in [0.5, 0.6) is 0 Å². The number of hydrogen-bond acceptors (Lipinski definition) is 4. The number of rotatable bonds is 29. The van der Waals surface area contributed by atoms with E-state index in [1.807, 2.05) is 0 Å². The van der Waals surface area contributed by atoms with E-state index in [9.17, 15) is 15.0 Å². The molecule has 5 heteroatoms. The van der Waals surface area contributed by atoms with Gasteiger partial charge in [0.2, 0.25) is 0 Å². The summed E-state index contributed by atoms with van der Waals surface area (Å²) in [7, 11) is 0. The predicted octanol–water partition coefficient (Wildman–Crippen LogP) is 7.93. The monoisotopic (exact) mass is 500 g/mol. The Morgan fingerprint density at radius 3 is 0.971 bits per heavy atom. The first kappa shape index (κ1) is 34.4. The summed E-state index contributed by atoms with van der Waals surface area (Å²) in [6.45, 7) is 0.0868. The third kappa shape index (κ3) is 29.5. The second kappa shape index (κ2) is 27.9. The van der Waals surface area contributed by atoms with E-state index < -0.39 is 5.97 Å². The topological polar surface area (TPSA) is 98.0 Å². The number of unbranched alkanes of at least 4 members (excludes halogenated alkanes) is 19. The lowest BCUT2D eigenvalue weighted by atomic mass is 10.0. The van der Waals surface area contributed by atoms with Crippen LogP contribution in [0.4, 0.5) is 0 Å². The fraction of sp³-hybridized carbons (Fsp3) is 0.967. The minimum absolute atomic E-state index is 0.0868. The number of aliphatic hydroxyl groups is 3. The molecule has 0 rings (SSSR count). The van der Waals surface area contributed by atoms with Crippen molar-refractivity contribution in [1.82, 2.24) is 0 Å². The number of carboxylic acids is 1. The van der Waals surface area contributed by atoms with Gasteiger partial charge in [-0.05, 0) is 32.1 Å². The highest BCUT2D eigenvalue weighted by Gasteiger charge is 2.04. The van der Waals surface area contributed by atoms with Crippen LogP contribution in [0.3, 0.4) is 0 Å². The van der Waals surface area contributed by atoms with E-state index >= 15 is 0 Å². The number of hydrogen-bond donors (Lipinski definition) is 4. The van der Waals surface area contributed by atoms with Crippen LogP contribution >= 0.6 is 0 Å². The average Bonchev–Trinajstić information content (AvgIpc) is 2.82. The number of aliphatic carboxylic acids is 1. The van der Waals surface area contributed by atoms with Gasteiger partial charge in [0.25, 0.3) is 0 Å². The van der Waals surface area contributed by atoms with Gasteiger partial charge in [-0.3, -0.25) is 4.79 Å². The summed E-state index contributed by atoms with van der Waals surface area (Å²) in [4.78, 5) is 10.4. The van der Waals surface area contributed by atoms with E-state index in [2.05, 4.69) is 0 Å². The van der Waals surface area contributed by atoms with E-state index in [0.29, 0.717) is 12.8 Å². The Labute approximate surface area is 217 Å². The second-order valence-corrected chi connectivity index (χ2v) is 10.8. The molecule has 0 amide bonds. The normalized spacial score (nSPS) is 13.2. The van der Waals surface area contributed by atoms with Gasteiger partial charge < -0.3 is 20.4 Å². The van der Waals surface area contributed by atoms with E-state index in [1.165, 1.54) is 103 Å². The molecule has 210 valence electrons. The molecule has 0 bridgehead atoms. The zero-order valence-electron chi connectivity index (χ0n) is 22.9. The molecule has 2 unspecified atom stereocenters. The van der Waals surface area contributed by atoms with Gasteiger partial charge in [0.15, 0.2) is 0 Å². The van der Waals surface area contributed by atoms with Crippen molar-refractivity contribution in [3.05, 3.63) is 0 Å². The van der Waals surface area contributed by atoms with Crippen molar-refractivity contribution < 1.29 is 25.2 Å². The van der Waals surface area contributed by atoms with E-state index in [4.69, 9.17) is 10.2 Å². The average molecular weight is 501 g/mol. The summed E-state index contributed by atoms with van der Waals surface area (Å²) in [5.41, 5.74) is 0. The summed E-state index contributed by atoms with van der Waals surface area (Å²) < 4.78 is 0. The molecule has 0 radical (unpaired) electrons. The minimum atomic E-state index is -0.674. The van der Waals surface area contributed by atoms with Gasteiger partial charge in [-0.1, -0.05) is 128 Å². The SMILES string of the molecule is O=C(O)CCCCCCCCCCCCCC(O)CCCCCCCCCCCCC(O)CCO. The van der Waals surface area contributed by atoms with E-state index in [0.717, 1.165) is 51.4 Å². The molecule has 0 saturated carbocycles. The third-order valence-corrected chi connectivity index (χ3v) is 7.22. The van der Waals surface area contributed by atoms with Crippen LogP contribution in [0.2, 0.25) is 0 Å². The van der Waals surface area contributed by atoms with Crippen LogP contribution in [0.25, 0.3) is 0 Å². The number of aliphatic hydroxyl groups excluding tert-OH is 3. The Hall–Kier alpha value is -0.650. The van der Waals surface area contributed by atoms with Crippen molar-refractivity contribution in [2.24, 2.45) is 0 Å². The fourth-order valence-corrected chi connectivity index (χ4v) is 4.86. The zero-order valence-corrected chi connectivity index (χ0v) is 22.9. The molecule has 0 spiro atoms. The molecular formula is C30H60O5. The molecule has 35 heavy (non-hydrogen) atoms. The van der Waals surface area contributed by atoms with Crippen molar-refractivity contribution in [3.8, 4) is 0 Å². The molecule has 0 aromatic carbocycles. The number of carboxylic acid groups (broad SMARTS) is 1. The van der Waals surface area contributed by atoms with Crippen LogP contribution in [-0.4, -0.2) is 45.2 Å². The Morgan fingerprint density at radius 2 is 0.686 bits per heavy atom. The molecule has 2 atom stereocenters. The molecule has 0 aromatic heterocycles. The first-order valence-corrected chi connectivity index (χ1v) is 15.2. The number of carbonyl (C=O) groups is 1. The standard InChI is InChI=1S/C30H60O5/c31-27-26-29(33)24-20-16-12-8-5-4-7-11-15-19-23-28(32)22-18-14-10-6-2-1-3-9-13-17-21-25-30(34)35/h28-29,31-33H,1-27H2,(H,34,35). The maximum atomic E-state index is 10.4. The van der Waals surface area contributed by atoms with Crippen LogP contribution in [0.1, 0.15) is 167 Å². The van der Waals surface area contributed by atoms with Crippen molar-refractivity contribution in [2.45, 2.75) is 179 Å². The smallest absolute Gasteiger partial charge is 0.303 e. The summed E-state index contributed by atoms with van der Waals surface area (Å²) in [5.74, 6) is -0.674. The van der Waals surface area contributed by atoms with Gasteiger partial charge in [-0.25, -0.2) is 0 Å². The summed E-state index contributed by atoms with van der Waals surface area (Å²) in [5, 5.41) is 37.1. The van der Waals surface area contributed by atoms with Crippen LogP contribution in [0.15, 0.2) is 0 Å². The lowest BCUT2D eigenvalue weighted by Crippen LogP contribution is -2.08. The van der Waals surface area contributed by atoms with Gasteiger partial charge >= 0.3 is 5.97 Å². The minimum Gasteiger partial charge on any atom is -0.481 e. The molecule has 0 aliphatic carbocycles. The molecule has 0 aliphatic rings. The fourth-order valence-electron chi connectivity index (χ4n) is 4.86. The van der Waals surface area contributed by atoms with Gasteiger partial charge in [0.05, 0.1) is 12.2 Å². The molecule has 0 saturated heterocycles. The quantitative estimate of drug-likeness (QED) is 0.0782. The Bertz CT molecular complexity index is 429. The van der Waals surface area contributed by atoms with Crippen molar-refractivity contribution in [2.75, 3.05) is 6.61 Å². The lowest BCUT2D eigenvalue weighted by Gasteiger charge is -2.10. The molecular weight excluding hydrogens is 440 g/mol.